The van der Waals surface area contributed by atoms with Crippen LogP contribution in [-0.4, -0.2) is 20.4 Å². The summed E-state index contributed by atoms with van der Waals surface area (Å²) in [6.45, 7) is 0. The zero-order chi connectivity index (χ0) is 21.7. The number of nitrogens with one attached hydrogen (secondary N) is 2. The number of carbonyl (C=O) groups is 1. The Hall–Kier alpha value is -3.12. The van der Waals surface area contributed by atoms with Crippen molar-refractivity contribution >= 4 is 21.6 Å². The minimum Gasteiger partial charge on any atom is -0.349 e. The summed E-state index contributed by atoms with van der Waals surface area (Å²) in [6, 6.07) is 23.3. The van der Waals surface area contributed by atoms with E-state index in [9.17, 15) is 13.2 Å². The molecule has 0 heterocycles. The summed E-state index contributed by atoms with van der Waals surface area (Å²) in [7, 11) is -3.72. The van der Waals surface area contributed by atoms with Crippen LogP contribution in [0.4, 0.5) is 5.69 Å². The van der Waals surface area contributed by atoms with Gasteiger partial charge in [-0.15, -0.1) is 0 Å². The van der Waals surface area contributed by atoms with Gasteiger partial charge in [0, 0.05) is 17.3 Å². The van der Waals surface area contributed by atoms with E-state index in [2.05, 4.69) is 10.0 Å². The summed E-state index contributed by atoms with van der Waals surface area (Å²) in [4.78, 5) is 12.6. The van der Waals surface area contributed by atoms with Crippen molar-refractivity contribution < 1.29 is 13.2 Å². The van der Waals surface area contributed by atoms with Crippen LogP contribution in [0.25, 0.3) is 11.1 Å². The molecule has 1 saturated carbocycles. The van der Waals surface area contributed by atoms with Gasteiger partial charge in [-0.2, -0.15) is 0 Å². The Morgan fingerprint density at radius 1 is 0.742 bits per heavy atom. The molecule has 0 saturated heterocycles. The minimum absolute atomic E-state index is 0.113. The smallest absolute Gasteiger partial charge is 0.261 e. The Balaban J connectivity index is 1.41. The highest BCUT2D eigenvalue weighted by Gasteiger charge is 2.18. The molecule has 160 valence electrons. The monoisotopic (exact) mass is 434 g/mol. The quantitative estimate of drug-likeness (QED) is 0.559. The van der Waals surface area contributed by atoms with Crippen molar-refractivity contribution in [3.05, 3.63) is 84.4 Å². The van der Waals surface area contributed by atoms with Crippen LogP contribution in [0.15, 0.2) is 83.8 Å². The van der Waals surface area contributed by atoms with Crippen molar-refractivity contribution in [1.82, 2.24) is 5.32 Å². The van der Waals surface area contributed by atoms with E-state index >= 15 is 0 Å². The molecule has 1 aliphatic rings. The first kappa shape index (κ1) is 21.1. The lowest BCUT2D eigenvalue weighted by atomic mass is 9.95. The summed E-state index contributed by atoms with van der Waals surface area (Å²) >= 11 is 0. The number of rotatable bonds is 6. The summed E-state index contributed by atoms with van der Waals surface area (Å²) in [5, 5.41) is 3.07. The number of carbonyl (C=O) groups excluding carboxylic acids is 1. The second-order valence-corrected chi connectivity index (χ2v) is 9.56. The van der Waals surface area contributed by atoms with Crippen molar-refractivity contribution in [3.8, 4) is 11.1 Å². The average molecular weight is 435 g/mol. The molecular weight excluding hydrogens is 408 g/mol. The van der Waals surface area contributed by atoms with E-state index in [-0.39, 0.29) is 16.8 Å². The van der Waals surface area contributed by atoms with Gasteiger partial charge in [-0.1, -0.05) is 61.7 Å². The van der Waals surface area contributed by atoms with Gasteiger partial charge in [0.1, 0.15) is 0 Å². The molecule has 1 aliphatic carbocycles. The zero-order valence-electron chi connectivity index (χ0n) is 17.3. The maximum atomic E-state index is 12.7. The molecule has 1 fully saturated rings. The van der Waals surface area contributed by atoms with Crippen LogP contribution in [0.5, 0.6) is 0 Å². The van der Waals surface area contributed by atoms with Gasteiger partial charge in [-0.3, -0.25) is 9.52 Å². The van der Waals surface area contributed by atoms with Crippen LogP contribution in [0.3, 0.4) is 0 Å². The molecule has 0 bridgehead atoms. The molecule has 0 unspecified atom stereocenters. The second-order valence-electron chi connectivity index (χ2n) is 7.88. The van der Waals surface area contributed by atoms with E-state index in [0.717, 1.165) is 36.8 Å². The van der Waals surface area contributed by atoms with Gasteiger partial charge in [0.05, 0.1) is 4.90 Å². The fourth-order valence-electron chi connectivity index (χ4n) is 3.88. The van der Waals surface area contributed by atoms with E-state index in [0.29, 0.717) is 11.3 Å². The van der Waals surface area contributed by atoms with Crippen molar-refractivity contribution in [2.45, 2.75) is 43.0 Å². The van der Waals surface area contributed by atoms with Crippen molar-refractivity contribution in [3.63, 3.8) is 0 Å². The molecule has 2 N–H and O–H groups in total. The summed E-state index contributed by atoms with van der Waals surface area (Å²) in [6.07, 6.45) is 5.57. The first-order valence-corrected chi connectivity index (χ1v) is 12.1. The lowest BCUT2D eigenvalue weighted by Crippen LogP contribution is -2.36. The average Bonchev–Trinajstić information content (AvgIpc) is 2.81. The number of amides is 1. The third-order valence-electron chi connectivity index (χ3n) is 5.61. The SMILES string of the molecule is O=C(NC1CCCCC1)c1ccc(NS(=O)(=O)c2ccc(-c3ccccc3)cc2)cc1. The molecule has 6 heteroatoms. The predicted octanol–water partition coefficient (Wildman–Crippen LogP) is 5.22. The Morgan fingerprint density at radius 2 is 1.35 bits per heavy atom. The Bertz CT molecular complexity index is 1120. The number of hydrogen-bond donors (Lipinski definition) is 2. The topological polar surface area (TPSA) is 75.3 Å². The Morgan fingerprint density at radius 3 is 2.00 bits per heavy atom. The largest absolute Gasteiger partial charge is 0.349 e. The van der Waals surface area contributed by atoms with Gasteiger partial charge in [0.15, 0.2) is 0 Å². The van der Waals surface area contributed by atoms with Crippen molar-refractivity contribution in [2.24, 2.45) is 0 Å². The van der Waals surface area contributed by atoms with Crippen LogP contribution in [-0.2, 0) is 10.0 Å². The first-order chi connectivity index (χ1) is 15.0. The third-order valence-corrected chi connectivity index (χ3v) is 7.01. The van der Waals surface area contributed by atoms with Crippen molar-refractivity contribution in [1.29, 1.82) is 0 Å². The second kappa shape index (κ2) is 9.35. The van der Waals surface area contributed by atoms with Crippen LogP contribution in [0.1, 0.15) is 42.5 Å². The Kier molecular flexibility index (Phi) is 6.37. The molecule has 0 atom stereocenters. The molecule has 31 heavy (non-hydrogen) atoms. The molecule has 0 spiro atoms. The van der Waals surface area contributed by atoms with Gasteiger partial charge >= 0.3 is 0 Å². The highest BCUT2D eigenvalue weighted by molar-refractivity contribution is 7.92. The van der Waals surface area contributed by atoms with Gasteiger partial charge < -0.3 is 5.32 Å². The molecule has 5 nitrogen and oxygen atoms in total. The molecule has 4 rings (SSSR count). The lowest BCUT2D eigenvalue weighted by Gasteiger charge is -2.22. The predicted molar refractivity (Wildman–Crippen MR) is 123 cm³/mol. The van der Waals surface area contributed by atoms with Crippen LogP contribution in [0.2, 0.25) is 0 Å². The summed E-state index contributed by atoms with van der Waals surface area (Å²) in [5.41, 5.74) is 2.93. The number of benzene rings is 3. The normalized spacial score (nSPS) is 14.7. The van der Waals surface area contributed by atoms with E-state index in [1.165, 1.54) is 6.42 Å². The minimum atomic E-state index is -3.72. The molecule has 0 radical (unpaired) electrons. The van der Waals surface area contributed by atoms with E-state index < -0.39 is 10.0 Å². The molecule has 3 aromatic carbocycles. The molecule has 0 aliphatic heterocycles. The van der Waals surface area contributed by atoms with Gasteiger partial charge in [0.2, 0.25) is 0 Å². The molecular formula is C25H26N2O3S. The lowest BCUT2D eigenvalue weighted by molar-refractivity contribution is 0.0927. The third kappa shape index (κ3) is 5.33. The highest BCUT2D eigenvalue weighted by atomic mass is 32.2. The molecule has 3 aromatic rings. The van der Waals surface area contributed by atoms with Crippen LogP contribution in [0, 0.1) is 0 Å². The van der Waals surface area contributed by atoms with Gasteiger partial charge in [-0.05, 0) is 60.4 Å². The Labute approximate surface area is 183 Å². The maximum Gasteiger partial charge on any atom is 0.261 e. The van der Waals surface area contributed by atoms with E-state index in [1.54, 1.807) is 48.5 Å². The number of sulfonamides is 1. The van der Waals surface area contributed by atoms with E-state index in [4.69, 9.17) is 0 Å². The van der Waals surface area contributed by atoms with E-state index in [1.807, 2.05) is 30.3 Å². The maximum absolute atomic E-state index is 12.7. The van der Waals surface area contributed by atoms with Crippen molar-refractivity contribution in [2.75, 3.05) is 4.72 Å². The van der Waals surface area contributed by atoms with Crippen LogP contribution < -0.4 is 10.0 Å². The first-order valence-electron chi connectivity index (χ1n) is 10.6. The summed E-state index contributed by atoms with van der Waals surface area (Å²) < 4.78 is 28.1. The zero-order valence-corrected chi connectivity index (χ0v) is 18.1. The highest BCUT2D eigenvalue weighted by Crippen LogP contribution is 2.23. The van der Waals surface area contributed by atoms with Crippen LogP contribution >= 0.6 is 0 Å². The standard InChI is InChI=1S/C25H26N2O3S/c28-25(26-22-9-5-2-6-10-22)21-11-15-23(16-12-21)27-31(29,30)24-17-13-20(14-18-24)19-7-3-1-4-8-19/h1,3-4,7-8,11-18,22,27H,2,5-6,9-10H2,(H,26,28). The van der Waals surface area contributed by atoms with Gasteiger partial charge in [0.25, 0.3) is 15.9 Å². The van der Waals surface area contributed by atoms with Gasteiger partial charge in [-0.25, -0.2) is 8.42 Å². The molecule has 1 amide bonds. The fraction of sp³-hybridized carbons (Fsp3) is 0.240. The number of anilines is 1. The molecule has 0 aromatic heterocycles. The number of hydrogen-bond acceptors (Lipinski definition) is 3. The fourth-order valence-corrected chi connectivity index (χ4v) is 4.94. The summed E-state index contributed by atoms with van der Waals surface area (Å²) in [5.74, 6) is -0.113.